The number of carbonyl (C=O) groups excluding carboxylic acids is 1. The Morgan fingerprint density at radius 1 is 0.750 bits per heavy atom. The highest BCUT2D eigenvalue weighted by molar-refractivity contribution is 5.46. The van der Waals surface area contributed by atoms with Crippen LogP contribution in [0.15, 0.2) is 12.2 Å². The van der Waals surface area contributed by atoms with Gasteiger partial charge in [0.25, 0.3) is 0 Å². The molecule has 24 heavy (non-hydrogen) atoms. The monoisotopic (exact) mass is 338 g/mol. The van der Waals surface area contributed by atoms with E-state index in [0.717, 1.165) is 13.0 Å². The molecule has 0 aliphatic heterocycles. The summed E-state index contributed by atoms with van der Waals surface area (Å²) in [7, 11) is 0. The second-order valence-corrected chi connectivity index (χ2v) is 6.90. The number of carbonyl (C=O) groups is 1. The molecule has 0 saturated heterocycles. The van der Waals surface area contributed by atoms with Gasteiger partial charge in [0.2, 0.25) is 6.41 Å². The van der Waals surface area contributed by atoms with E-state index in [1.54, 1.807) is 0 Å². The number of unbranched alkanes of at least 4 members (excludes halogenated alkanes) is 12. The van der Waals surface area contributed by atoms with Gasteiger partial charge in [-0.2, -0.15) is 0 Å². The molecule has 0 saturated carbocycles. The Morgan fingerprint density at radius 2 is 1.25 bits per heavy atom. The predicted octanol–water partition coefficient (Wildman–Crippen LogP) is 5.71. The molecular weight excluding hydrogens is 296 g/mol. The van der Waals surface area contributed by atoms with E-state index >= 15 is 0 Å². The first-order chi connectivity index (χ1) is 11.8. The summed E-state index contributed by atoms with van der Waals surface area (Å²) in [6.45, 7) is 5.23. The maximum Gasteiger partial charge on any atom is 0.208 e. The maximum absolute atomic E-state index is 10.2. The van der Waals surface area contributed by atoms with E-state index in [9.17, 15) is 4.79 Å². The van der Waals surface area contributed by atoms with Crippen LogP contribution in [0.3, 0.4) is 0 Å². The van der Waals surface area contributed by atoms with E-state index in [0.29, 0.717) is 0 Å². The van der Waals surface area contributed by atoms with Gasteiger partial charge in [0.15, 0.2) is 0 Å². The normalized spacial score (nSPS) is 12.6. The number of allylic oxidation sites excluding steroid dienone is 2. The zero-order valence-corrected chi connectivity index (χ0v) is 16.3. The number of hydrogen-bond donors (Lipinski definition) is 2. The number of rotatable bonds is 19. The van der Waals surface area contributed by atoms with Crippen LogP contribution in [-0.2, 0) is 4.79 Å². The van der Waals surface area contributed by atoms with Crippen LogP contribution < -0.4 is 10.6 Å². The molecule has 0 aliphatic carbocycles. The Balaban J connectivity index is 3.11. The summed E-state index contributed by atoms with van der Waals surface area (Å²) in [4.78, 5) is 10.2. The molecule has 1 amide bonds. The third-order valence-corrected chi connectivity index (χ3v) is 4.46. The molecule has 3 nitrogen and oxygen atoms in total. The van der Waals surface area contributed by atoms with Crippen molar-refractivity contribution in [2.24, 2.45) is 0 Å². The molecule has 0 aromatic heterocycles. The van der Waals surface area contributed by atoms with Gasteiger partial charge >= 0.3 is 0 Å². The van der Waals surface area contributed by atoms with Crippen molar-refractivity contribution in [2.75, 3.05) is 6.54 Å². The quantitative estimate of drug-likeness (QED) is 0.137. The van der Waals surface area contributed by atoms with Crippen LogP contribution >= 0.6 is 0 Å². The average molecular weight is 339 g/mol. The van der Waals surface area contributed by atoms with Crippen LogP contribution in [0.1, 0.15) is 104 Å². The predicted molar refractivity (Wildman–Crippen MR) is 106 cm³/mol. The van der Waals surface area contributed by atoms with Gasteiger partial charge in [-0.25, -0.2) is 0 Å². The Kier molecular flexibility index (Phi) is 19.5. The van der Waals surface area contributed by atoms with E-state index in [1.165, 1.54) is 89.9 Å². The Hall–Kier alpha value is -0.830. The molecule has 142 valence electrons. The maximum atomic E-state index is 10.2. The van der Waals surface area contributed by atoms with Gasteiger partial charge in [0.05, 0.1) is 6.17 Å². The molecule has 0 aliphatic rings. The molecule has 0 aromatic carbocycles. The first-order valence-electron chi connectivity index (χ1n) is 10.4. The van der Waals surface area contributed by atoms with Gasteiger partial charge in [-0.1, -0.05) is 76.9 Å². The highest BCUT2D eigenvalue weighted by Crippen LogP contribution is 2.09. The first kappa shape index (κ1) is 23.2. The lowest BCUT2D eigenvalue weighted by molar-refractivity contribution is -0.110. The van der Waals surface area contributed by atoms with Crippen molar-refractivity contribution in [2.45, 2.75) is 110 Å². The van der Waals surface area contributed by atoms with E-state index in [-0.39, 0.29) is 6.17 Å². The lowest BCUT2D eigenvalue weighted by Gasteiger charge is -2.11. The fourth-order valence-corrected chi connectivity index (χ4v) is 2.85. The third-order valence-electron chi connectivity index (χ3n) is 4.46. The van der Waals surface area contributed by atoms with Gasteiger partial charge in [-0.05, 0) is 45.6 Å². The fourth-order valence-electron chi connectivity index (χ4n) is 2.85. The molecule has 0 fully saturated rings. The highest BCUT2D eigenvalue weighted by atomic mass is 16.1. The lowest BCUT2D eigenvalue weighted by Crippen LogP contribution is -2.39. The molecule has 0 radical (unpaired) electrons. The Morgan fingerprint density at radius 3 is 1.79 bits per heavy atom. The minimum atomic E-state index is 0.0885. The number of hydrogen-bond acceptors (Lipinski definition) is 2. The summed E-state index contributed by atoms with van der Waals surface area (Å²) in [6.07, 6.45) is 24.4. The second-order valence-electron chi connectivity index (χ2n) is 6.90. The topological polar surface area (TPSA) is 41.1 Å². The van der Waals surface area contributed by atoms with E-state index in [2.05, 4.69) is 29.7 Å². The van der Waals surface area contributed by atoms with Gasteiger partial charge in [0.1, 0.15) is 0 Å². The third kappa shape index (κ3) is 19.2. The minimum absolute atomic E-state index is 0.0885. The summed E-state index contributed by atoms with van der Waals surface area (Å²) >= 11 is 0. The van der Waals surface area contributed by atoms with E-state index in [1.807, 2.05) is 6.92 Å². The van der Waals surface area contributed by atoms with Crippen molar-refractivity contribution < 1.29 is 4.79 Å². The van der Waals surface area contributed by atoms with Crippen molar-refractivity contribution >= 4 is 6.41 Å². The van der Waals surface area contributed by atoms with Crippen molar-refractivity contribution in [3.05, 3.63) is 12.2 Å². The number of amides is 1. The van der Waals surface area contributed by atoms with Crippen LogP contribution in [0.4, 0.5) is 0 Å². The Bertz CT molecular complexity index is 279. The average Bonchev–Trinajstić information content (AvgIpc) is 2.58. The smallest absolute Gasteiger partial charge is 0.208 e. The SMILES string of the molecule is CCCCCCCC/C=C\CCCCCCCCNC(C)NC=O. The second kappa shape index (κ2) is 20.2. The van der Waals surface area contributed by atoms with Gasteiger partial charge in [-0.15, -0.1) is 0 Å². The first-order valence-corrected chi connectivity index (χ1v) is 10.4. The molecule has 0 spiro atoms. The molecule has 1 atom stereocenters. The standard InChI is InChI=1S/C21H42N2O/c1-3-4-5-6-7-8-9-10-11-12-13-14-15-16-17-18-19-22-21(2)23-20-24/h10-11,20-22H,3-9,12-19H2,1-2H3,(H,23,24)/b11-10-. The molecule has 0 heterocycles. The fraction of sp³-hybridized carbons (Fsp3) is 0.857. The molecule has 0 rings (SSSR count). The van der Waals surface area contributed by atoms with E-state index < -0.39 is 0 Å². The molecule has 1 unspecified atom stereocenters. The summed E-state index contributed by atoms with van der Waals surface area (Å²) in [6, 6.07) is 0. The van der Waals surface area contributed by atoms with Gasteiger partial charge < -0.3 is 5.32 Å². The minimum Gasteiger partial charge on any atom is -0.344 e. The summed E-state index contributed by atoms with van der Waals surface area (Å²) < 4.78 is 0. The zero-order valence-electron chi connectivity index (χ0n) is 16.3. The summed E-state index contributed by atoms with van der Waals surface area (Å²) in [5.74, 6) is 0. The largest absolute Gasteiger partial charge is 0.344 e. The van der Waals surface area contributed by atoms with Crippen LogP contribution in [-0.4, -0.2) is 19.1 Å². The summed E-state index contributed by atoms with van der Waals surface area (Å²) in [5.41, 5.74) is 0. The van der Waals surface area contributed by atoms with Crippen molar-refractivity contribution in [1.29, 1.82) is 0 Å². The molecule has 0 bridgehead atoms. The molecular formula is C21H42N2O. The van der Waals surface area contributed by atoms with E-state index in [4.69, 9.17) is 0 Å². The van der Waals surface area contributed by atoms with Crippen molar-refractivity contribution in [3.63, 3.8) is 0 Å². The van der Waals surface area contributed by atoms with Crippen molar-refractivity contribution in [3.8, 4) is 0 Å². The Labute approximate surface area is 151 Å². The molecule has 3 heteroatoms. The van der Waals surface area contributed by atoms with Crippen LogP contribution in [0, 0.1) is 0 Å². The molecule has 2 N–H and O–H groups in total. The lowest BCUT2D eigenvalue weighted by atomic mass is 10.1. The number of nitrogens with one attached hydrogen (secondary N) is 2. The van der Waals surface area contributed by atoms with Gasteiger partial charge in [0, 0.05) is 0 Å². The summed E-state index contributed by atoms with van der Waals surface area (Å²) in [5, 5.41) is 5.98. The van der Waals surface area contributed by atoms with Crippen LogP contribution in [0.25, 0.3) is 0 Å². The zero-order chi connectivity index (χ0) is 17.7. The van der Waals surface area contributed by atoms with Gasteiger partial charge in [-0.3, -0.25) is 10.1 Å². The highest BCUT2D eigenvalue weighted by Gasteiger charge is 1.96. The van der Waals surface area contributed by atoms with Crippen molar-refractivity contribution in [1.82, 2.24) is 10.6 Å². The van der Waals surface area contributed by atoms with Crippen LogP contribution in [0.2, 0.25) is 0 Å². The van der Waals surface area contributed by atoms with Crippen LogP contribution in [0.5, 0.6) is 0 Å². The molecule has 0 aromatic rings.